The van der Waals surface area contributed by atoms with Crippen LogP contribution in [0.15, 0.2) is 36.7 Å². The minimum Gasteiger partial charge on any atom is -0.479 e. The fourth-order valence-electron chi connectivity index (χ4n) is 1.64. The predicted molar refractivity (Wildman–Crippen MR) is 66.6 cm³/mol. The van der Waals surface area contributed by atoms with Gasteiger partial charge >= 0.3 is 0 Å². The van der Waals surface area contributed by atoms with Crippen molar-refractivity contribution in [3.63, 3.8) is 0 Å². The van der Waals surface area contributed by atoms with E-state index in [9.17, 15) is 0 Å². The Morgan fingerprint density at radius 2 is 2.00 bits per heavy atom. The molecule has 0 spiro atoms. The molecule has 0 fully saturated rings. The molecular formula is C13H15N3O. The van der Waals surface area contributed by atoms with Crippen molar-refractivity contribution in [3.05, 3.63) is 42.2 Å². The zero-order valence-corrected chi connectivity index (χ0v) is 9.92. The molecule has 0 aliphatic rings. The van der Waals surface area contributed by atoms with Crippen LogP contribution in [0.25, 0.3) is 11.3 Å². The van der Waals surface area contributed by atoms with E-state index in [1.54, 1.807) is 19.5 Å². The Morgan fingerprint density at radius 3 is 2.71 bits per heavy atom. The summed E-state index contributed by atoms with van der Waals surface area (Å²) in [5.74, 6) is 0.523. The molecule has 2 N–H and O–H groups in total. The number of hydrogen-bond acceptors (Lipinski definition) is 4. The topological polar surface area (TPSA) is 61.0 Å². The van der Waals surface area contributed by atoms with Crippen LogP contribution >= 0.6 is 0 Å². The number of rotatable bonds is 3. The molecule has 1 heterocycles. The van der Waals surface area contributed by atoms with E-state index in [4.69, 9.17) is 10.5 Å². The van der Waals surface area contributed by atoms with Gasteiger partial charge in [0.25, 0.3) is 0 Å². The fraction of sp³-hybridized carbons (Fsp3) is 0.231. The molecule has 0 aliphatic heterocycles. The smallest absolute Gasteiger partial charge is 0.240 e. The van der Waals surface area contributed by atoms with Crippen LogP contribution in [0, 0.1) is 0 Å². The van der Waals surface area contributed by atoms with E-state index in [-0.39, 0.29) is 6.04 Å². The van der Waals surface area contributed by atoms with Crippen LogP contribution in [0.2, 0.25) is 0 Å². The van der Waals surface area contributed by atoms with Gasteiger partial charge in [-0.15, -0.1) is 0 Å². The standard InChI is InChI=1S/C13H15N3O/c1-9(14)10-4-3-5-11(8-10)12-13(17-2)16-7-6-15-12/h3-9H,14H2,1-2H3. The third kappa shape index (κ3) is 2.42. The third-order valence-electron chi connectivity index (χ3n) is 2.54. The number of ether oxygens (including phenoxy) is 1. The number of nitrogens with two attached hydrogens (primary N) is 1. The molecule has 0 aliphatic carbocycles. The van der Waals surface area contributed by atoms with E-state index < -0.39 is 0 Å². The average Bonchev–Trinajstić information content (AvgIpc) is 2.39. The van der Waals surface area contributed by atoms with Gasteiger partial charge in [-0.3, -0.25) is 0 Å². The Labute approximate surface area is 100 Å². The summed E-state index contributed by atoms with van der Waals surface area (Å²) in [6, 6.07) is 7.94. The van der Waals surface area contributed by atoms with E-state index in [1.165, 1.54) is 0 Å². The molecule has 2 rings (SSSR count). The fourth-order valence-corrected chi connectivity index (χ4v) is 1.64. The normalized spacial score (nSPS) is 12.2. The van der Waals surface area contributed by atoms with Crippen molar-refractivity contribution in [1.82, 2.24) is 9.97 Å². The third-order valence-corrected chi connectivity index (χ3v) is 2.54. The first-order valence-electron chi connectivity index (χ1n) is 5.43. The zero-order valence-electron chi connectivity index (χ0n) is 9.92. The molecule has 0 saturated heterocycles. The number of aromatic nitrogens is 2. The molecule has 0 amide bonds. The van der Waals surface area contributed by atoms with Crippen LogP contribution in [0.5, 0.6) is 5.88 Å². The molecule has 0 bridgehead atoms. The average molecular weight is 229 g/mol. The Morgan fingerprint density at radius 1 is 1.24 bits per heavy atom. The van der Waals surface area contributed by atoms with E-state index in [0.717, 1.165) is 16.8 Å². The van der Waals surface area contributed by atoms with Crippen LogP contribution in [0.4, 0.5) is 0 Å². The summed E-state index contributed by atoms with van der Waals surface area (Å²) in [4.78, 5) is 8.42. The summed E-state index contributed by atoms with van der Waals surface area (Å²) in [5, 5.41) is 0. The molecule has 17 heavy (non-hydrogen) atoms. The highest BCUT2D eigenvalue weighted by atomic mass is 16.5. The molecule has 1 atom stereocenters. The molecule has 1 aromatic heterocycles. The largest absolute Gasteiger partial charge is 0.479 e. The zero-order chi connectivity index (χ0) is 12.3. The Bertz CT molecular complexity index is 512. The van der Waals surface area contributed by atoms with Crippen molar-refractivity contribution in [2.75, 3.05) is 7.11 Å². The van der Waals surface area contributed by atoms with Gasteiger partial charge in [-0.05, 0) is 18.6 Å². The predicted octanol–water partition coefficient (Wildman–Crippen LogP) is 2.17. The van der Waals surface area contributed by atoms with Gasteiger partial charge in [0.2, 0.25) is 5.88 Å². The highest BCUT2D eigenvalue weighted by Crippen LogP contribution is 2.26. The van der Waals surface area contributed by atoms with Crippen molar-refractivity contribution < 1.29 is 4.74 Å². The second-order valence-corrected chi connectivity index (χ2v) is 3.83. The van der Waals surface area contributed by atoms with Gasteiger partial charge in [0.15, 0.2) is 0 Å². The maximum Gasteiger partial charge on any atom is 0.240 e. The highest BCUT2D eigenvalue weighted by Gasteiger charge is 2.09. The van der Waals surface area contributed by atoms with Gasteiger partial charge in [-0.2, -0.15) is 0 Å². The van der Waals surface area contributed by atoms with Gasteiger partial charge in [-0.25, -0.2) is 9.97 Å². The highest BCUT2D eigenvalue weighted by molar-refractivity contribution is 5.64. The van der Waals surface area contributed by atoms with Crippen LogP contribution in [-0.2, 0) is 0 Å². The van der Waals surface area contributed by atoms with Gasteiger partial charge < -0.3 is 10.5 Å². The lowest BCUT2D eigenvalue weighted by molar-refractivity contribution is 0.398. The minimum atomic E-state index is -0.00221. The maximum absolute atomic E-state index is 5.86. The lowest BCUT2D eigenvalue weighted by atomic mass is 10.0. The number of benzene rings is 1. The Balaban J connectivity index is 2.49. The summed E-state index contributed by atoms with van der Waals surface area (Å²) in [6.07, 6.45) is 3.26. The van der Waals surface area contributed by atoms with Gasteiger partial charge in [0.1, 0.15) is 5.69 Å². The van der Waals surface area contributed by atoms with Gasteiger partial charge in [0, 0.05) is 24.0 Å². The van der Waals surface area contributed by atoms with Crippen molar-refractivity contribution >= 4 is 0 Å². The molecule has 88 valence electrons. The van der Waals surface area contributed by atoms with Crippen LogP contribution in [-0.4, -0.2) is 17.1 Å². The first-order chi connectivity index (χ1) is 8.22. The van der Waals surface area contributed by atoms with Crippen molar-refractivity contribution in [2.45, 2.75) is 13.0 Å². The molecule has 1 unspecified atom stereocenters. The van der Waals surface area contributed by atoms with Crippen LogP contribution < -0.4 is 10.5 Å². The summed E-state index contributed by atoms with van der Waals surface area (Å²) in [6.45, 7) is 1.95. The quantitative estimate of drug-likeness (QED) is 0.876. The van der Waals surface area contributed by atoms with E-state index in [1.807, 2.05) is 31.2 Å². The first kappa shape index (κ1) is 11.5. The lowest BCUT2D eigenvalue weighted by Crippen LogP contribution is -2.04. The van der Waals surface area contributed by atoms with Gasteiger partial charge in [-0.1, -0.05) is 18.2 Å². The van der Waals surface area contributed by atoms with Crippen LogP contribution in [0.1, 0.15) is 18.5 Å². The lowest BCUT2D eigenvalue weighted by Gasteiger charge is -2.09. The van der Waals surface area contributed by atoms with Crippen molar-refractivity contribution in [2.24, 2.45) is 5.73 Å². The second-order valence-electron chi connectivity index (χ2n) is 3.83. The maximum atomic E-state index is 5.86. The summed E-state index contributed by atoms with van der Waals surface area (Å²) in [5.41, 5.74) is 8.63. The second kappa shape index (κ2) is 4.93. The SMILES string of the molecule is COc1nccnc1-c1cccc(C(C)N)c1. The summed E-state index contributed by atoms with van der Waals surface area (Å²) < 4.78 is 5.20. The minimum absolute atomic E-state index is 0.00221. The van der Waals surface area contributed by atoms with Gasteiger partial charge in [0.05, 0.1) is 7.11 Å². The molecule has 0 saturated carbocycles. The van der Waals surface area contributed by atoms with E-state index in [2.05, 4.69) is 9.97 Å². The number of hydrogen-bond donors (Lipinski definition) is 1. The van der Waals surface area contributed by atoms with Crippen molar-refractivity contribution in [3.8, 4) is 17.1 Å². The molecule has 4 heteroatoms. The summed E-state index contributed by atoms with van der Waals surface area (Å²) in [7, 11) is 1.59. The van der Waals surface area contributed by atoms with E-state index in [0.29, 0.717) is 5.88 Å². The van der Waals surface area contributed by atoms with E-state index >= 15 is 0 Å². The Kier molecular flexibility index (Phi) is 3.35. The van der Waals surface area contributed by atoms with Crippen molar-refractivity contribution in [1.29, 1.82) is 0 Å². The van der Waals surface area contributed by atoms with Crippen LogP contribution in [0.3, 0.4) is 0 Å². The molecule has 2 aromatic rings. The Hall–Kier alpha value is -1.94. The molecule has 4 nitrogen and oxygen atoms in total. The molecule has 1 aromatic carbocycles. The monoisotopic (exact) mass is 229 g/mol. The molecular weight excluding hydrogens is 214 g/mol. The number of nitrogens with zero attached hydrogens (tertiary/aromatic N) is 2. The number of methoxy groups -OCH3 is 1. The first-order valence-corrected chi connectivity index (χ1v) is 5.43. The molecule has 0 radical (unpaired) electrons. The summed E-state index contributed by atoms with van der Waals surface area (Å²) >= 11 is 0.